The van der Waals surface area contributed by atoms with E-state index in [1.807, 2.05) is 34.9 Å². The first-order valence-electron chi connectivity index (χ1n) is 8.46. The number of benzene rings is 2. The van der Waals surface area contributed by atoms with Gasteiger partial charge in [0, 0.05) is 11.3 Å². The molecule has 2 heterocycles. The lowest BCUT2D eigenvalue weighted by Gasteiger charge is -2.24. The fourth-order valence-electron chi connectivity index (χ4n) is 3.46. The number of thioether (sulfide) groups is 1. The van der Waals surface area contributed by atoms with E-state index in [0.29, 0.717) is 12.1 Å². The Morgan fingerprint density at radius 2 is 1.81 bits per heavy atom. The average Bonchev–Trinajstić information content (AvgIpc) is 2.97. The van der Waals surface area contributed by atoms with E-state index in [2.05, 4.69) is 9.64 Å². The fraction of sp³-hybridized carbons (Fsp3) is 0.316. The lowest BCUT2D eigenvalue weighted by molar-refractivity contribution is -0.656. The van der Waals surface area contributed by atoms with Crippen molar-refractivity contribution in [3.63, 3.8) is 0 Å². The zero-order valence-corrected chi connectivity index (χ0v) is 16.8. The van der Waals surface area contributed by atoms with Gasteiger partial charge >= 0.3 is 11.8 Å². The van der Waals surface area contributed by atoms with Crippen molar-refractivity contribution < 1.29 is 40.2 Å². The molecule has 1 atom stereocenters. The molecule has 27 heavy (non-hydrogen) atoms. The Hall–Kier alpha value is -1.64. The summed E-state index contributed by atoms with van der Waals surface area (Å²) in [7, 11) is 0. The SMILES string of the molecule is OC1(c2ccc(OC(F)F)cc2)CN(c2ccccc2)C2=[N+]1CCCS2.[Br-]. The van der Waals surface area contributed by atoms with E-state index in [9.17, 15) is 13.9 Å². The highest BCUT2D eigenvalue weighted by Crippen LogP contribution is 2.37. The average molecular weight is 457 g/mol. The zero-order valence-electron chi connectivity index (χ0n) is 14.4. The Morgan fingerprint density at radius 3 is 2.48 bits per heavy atom. The predicted octanol–water partition coefficient (Wildman–Crippen LogP) is 0.463. The van der Waals surface area contributed by atoms with Crippen LogP contribution in [0.2, 0.25) is 0 Å². The van der Waals surface area contributed by atoms with Crippen molar-refractivity contribution in [2.75, 3.05) is 23.7 Å². The van der Waals surface area contributed by atoms with Crippen molar-refractivity contribution in [2.45, 2.75) is 18.8 Å². The van der Waals surface area contributed by atoms with Crippen LogP contribution in [0, 0.1) is 0 Å². The summed E-state index contributed by atoms with van der Waals surface area (Å²) in [6.45, 7) is -1.73. The summed E-state index contributed by atoms with van der Waals surface area (Å²) in [5.74, 6) is 1.09. The number of amidine groups is 1. The molecule has 0 radical (unpaired) electrons. The molecule has 4 rings (SSSR count). The highest BCUT2D eigenvalue weighted by Gasteiger charge is 2.53. The molecule has 1 N–H and O–H groups in total. The summed E-state index contributed by atoms with van der Waals surface area (Å²) in [6, 6.07) is 16.2. The molecular weight excluding hydrogens is 438 g/mol. The Morgan fingerprint density at radius 1 is 1.11 bits per heavy atom. The number of aliphatic hydroxyl groups is 1. The number of anilines is 1. The maximum Gasteiger partial charge on any atom is 0.387 e. The summed E-state index contributed by atoms with van der Waals surface area (Å²) < 4.78 is 31.2. The molecule has 8 heteroatoms. The maximum absolute atomic E-state index is 12.4. The van der Waals surface area contributed by atoms with Crippen LogP contribution in [0.4, 0.5) is 14.5 Å². The summed E-state index contributed by atoms with van der Waals surface area (Å²) in [5.41, 5.74) is 0.482. The van der Waals surface area contributed by atoms with Crippen LogP contribution in [-0.2, 0) is 5.72 Å². The van der Waals surface area contributed by atoms with E-state index in [1.165, 1.54) is 12.1 Å². The third-order valence-corrected chi connectivity index (χ3v) is 5.85. The largest absolute Gasteiger partial charge is 1.00 e. The second-order valence-corrected chi connectivity index (χ2v) is 7.34. The summed E-state index contributed by atoms with van der Waals surface area (Å²) in [4.78, 5) is 2.12. The van der Waals surface area contributed by atoms with Crippen molar-refractivity contribution in [1.82, 2.24) is 0 Å². The van der Waals surface area contributed by atoms with Gasteiger partial charge in [-0.3, -0.25) is 0 Å². The Labute approximate surface area is 171 Å². The van der Waals surface area contributed by atoms with E-state index in [-0.39, 0.29) is 22.7 Å². The third kappa shape index (κ3) is 3.83. The lowest BCUT2D eigenvalue weighted by atomic mass is 10.0. The molecule has 0 bridgehead atoms. The molecule has 0 aliphatic carbocycles. The predicted molar refractivity (Wildman–Crippen MR) is 98.0 cm³/mol. The van der Waals surface area contributed by atoms with Crippen LogP contribution in [0.25, 0.3) is 0 Å². The van der Waals surface area contributed by atoms with Crippen LogP contribution in [0.1, 0.15) is 12.0 Å². The number of nitrogens with zero attached hydrogens (tertiary/aromatic N) is 2. The molecule has 0 fully saturated rings. The van der Waals surface area contributed by atoms with E-state index >= 15 is 0 Å². The fourth-order valence-corrected chi connectivity index (χ4v) is 4.64. The molecule has 2 aliphatic rings. The first kappa shape index (κ1) is 20.1. The number of para-hydroxylation sites is 1. The van der Waals surface area contributed by atoms with Crippen LogP contribution >= 0.6 is 11.8 Å². The van der Waals surface area contributed by atoms with Gasteiger partial charge < -0.3 is 26.8 Å². The molecule has 0 aromatic heterocycles. The third-order valence-electron chi connectivity index (χ3n) is 4.65. The standard InChI is InChI=1S/C19H19F2N2O2S.BrH/c20-17(21)25-16-9-7-14(8-10-16)19(24)13-22(15-5-2-1-3-6-15)18-23(19)11-4-12-26-18;/h1-3,5-10,17,24H,4,11-13H2;1H/q+1;/p-1. The zero-order chi connectivity index (χ0) is 18.1. The van der Waals surface area contributed by atoms with Crippen molar-refractivity contribution in [3.8, 4) is 5.75 Å². The highest BCUT2D eigenvalue weighted by atomic mass is 79.9. The van der Waals surface area contributed by atoms with Gasteiger partial charge in [-0.25, -0.2) is 9.48 Å². The Kier molecular flexibility index (Phi) is 6.08. The Balaban J connectivity index is 0.00000210. The number of ether oxygens (including phenoxy) is 1. The van der Waals surface area contributed by atoms with Crippen molar-refractivity contribution in [1.29, 1.82) is 0 Å². The molecule has 2 aromatic carbocycles. The van der Waals surface area contributed by atoms with Gasteiger partial charge in [-0.2, -0.15) is 8.78 Å². The van der Waals surface area contributed by atoms with E-state index in [4.69, 9.17) is 0 Å². The van der Waals surface area contributed by atoms with E-state index < -0.39 is 12.3 Å². The monoisotopic (exact) mass is 456 g/mol. The molecule has 2 aromatic rings. The van der Waals surface area contributed by atoms with Crippen molar-refractivity contribution in [3.05, 3.63) is 60.2 Å². The summed E-state index contributed by atoms with van der Waals surface area (Å²) in [6.07, 6.45) is 0.978. The maximum atomic E-state index is 12.4. The minimum absolute atomic E-state index is 0. The first-order valence-corrected chi connectivity index (χ1v) is 9.44. The number of alkyl halides is 2. The molecule has 0 spiro atoms. The second-order valence-electron chi connectivity index (χ2n) is 6.28. The minimum Gasteiger partial charge on any atom is -1.00 e. The van der Waals surface area contributed by atoms with Crippen LogP contribution < -0.4 is 26.6 Å². The number of β-amino-alcohol motifs (C(OH)–C–C–N with tert-alkyl or cyclic N) is 1. The molecule has 4 nitrogen and oxygen atoms in total. The molecule has 1 unspecified atom stereocenters. The van der Waals surface area contributed by atoms with Gasteiger partial charge in [0.15, 0.2) is 6.54 Å². The van der Waals surface area contributed by atoms with E-state index in [0.717, 1.165) is 29.6 Å². The molecule has 0 saturated heterocycles. The minimum atomic E-state index is -2.86. The quantitative estimate of drug-likeness (QED) is 0.678. The smallest absolute Gasteiger partial charge is 0.387 e. The van der Waals surface area contributed by atoms with Crippen molar-refractivity contribution in [2.24, 2.45) is 0 Å². The lowest BCUT2D eigenvalue weighted by Crippen LogP contribution is -3.00. The molecule has 2 aliphatic heterocycles. The van der Waals surface area contributed by atoms with Crippen LogP contribution in [0.15, 0.2) is 54.6 Å². The Bertz CT molecular complexity index is 820. The highest BCUT2D eigenvalue weighted by molar-refractivity contribution is 8.13. The number of hydrogen-bond donors (Lipinski definition) is 1. The van der Waals surface area contributed by atoms with Gasteiger partial charge in [0.2, 0.25) is 0 Å². The normalized spacial score (nSPS) is 21.9. The van der Waals surface area contributed by atoms with Crippen LogP contribution in [-0.4, -0.2) is 40.3 Å². The van der Waals surface area contributed by atoms with Gasteiger partial charge in [0.25, 0.3) is 5.72 Å². The van der Waals surface area contributed by atoms with Gasteiger partial charge in [-0.05, 0) is 54.6 Å². The van der Waals surface area contributed by atoms with Gasteiger partial charge in [-0.15, -0.1) is 0 Å². The second kappa shape index (κ2) is 8.16. The van der Waals surface area contributed by atoms with Gasteiger partial charge in [0.1, 0.15) is 11.4 Å². The van der Waals surface area contributed by atoms with Crippen LogP contribution in [0.3, 0.4) is 0 Å². The topological polar surface area (TPSA) is 35.7 Å². The first-order chi connectivity index (χ1) is 12.6. The summed E-state index contributed by atoms with van der Waals surface area (Å²) in [5, 5.41) is 12.5. The van der Waals surface area contributed by atoms with Gasteiger partial charge in [-0.1, -0.05) is 18.2 Å². The molecule has 0 saturated carbocycles. The van der Waals surface area contributed by atoms with Gasteiger partial charge in [0.05, 0.1) is 6.54 Å². The number of halogens is 3. The number of hydrogen-bond acceptors (Lipinski definition) is 4. The van der Waals surface area contributed by atoms with Crippen LogP contribution in [0.5, 0.6) is 5.75 Å². The number of rotatable bonds is 4. The molecule has 0 amide bonds. The summed E-state index contributed by atoms with van der Waals surface area (Å²) >= 11 is 1.73. The molecule has 144 valence electrons. The molecular formula is C19H19BrF2N2O2S. The van der Waals surface area contributed by atoms with E-state index in [1.54, 1.807) is 23.9 Å². The van der Waals surface area contributed by atoms with Crippen molar-refractivity contribution >= 4 is 22.6 Å².